The van der Waals surface area contributed by atoms with E-state index in [1.807, 2.05) is 41.4 Å². The third kappa shape index (κ3) is 3.38. The van der Waals surface area contributed by atoms with Gasteiger partial charge in [0.2, 0.25) is 0 Å². The maximum atomic E-state index is 13.8. The van der Waals surface area contributed by atoms with E-state index in [1.165, 1.54) is 12.1 Å². The van der Waals surface area contributed by atoms with Crippen LogP contribution in [0.3, 0.4) is 0 Å². The number of carbonyl (C=O) groups excluding carboxylic acids is 1. The van der Waals surface area contributed by atoms with Gasteiger partial charge >= 0.3 is 0 Å². The Morgan fingerprint density at radius 3 is 2.75 bits per heavy atom. The molecule has 0 spiro atoms. The number of nitrogens with zero attached hydrogens (tertiary/aromatic N) is 2. The first kappa shape index (κ1) is 16.4. The lowest BCUT2D eigenvalue weighted by atomic mass is 10.1. The van der Waals surface area contributed by atoms with Crippen molar-refractivity contribution in [1.82, 2.24) is 15.1 Å². The lowest BCUT2D eigenvalue weighted by Crippen LogP contribution is -2.32. The fourth-order valence-electron chi connectivity index (χ4n) is 2.70. The van der Waals surface area contributed by atoms with Crippen LogP contribution < -0.4 is 5.32 Å². The van der Waals surface area contributed by atoms with Crippen LogP contribution in [0.2, 0.25) is 0 Å². The molecule has 0 aliphatic carbocycles. The summed E-state index contributed by atoms with van der Waals surface area (Å²) in [6, 6.07) is 9.87. The van der Waals surface area contributed by atoms with E-state index in [1.54, 1.807) is 23.5 Å². The highest BCUT2D eigenvalue weighted by Crippen LogP contribution is 2.22. The molecule has 4 nitrogen and oxygen atoms in total. The Kier molecular flexibility index (Phi) is 4.76. The second-order valence-corrected chi connectivity index (χ2v) is 6.41. The number of aromatic nitrogens is 2. The van der Waals surface area contributed by atoms with Crippen molar-refractivity contribution >= 4 is 17.2 Å². The largest absolute Gasteiger partial charge is 0.349 e. The molecule has 6 heteroatoms. The Morgan fingerprint density at radius 1 is 1.33 bits per heavy atom. The zero-order chi connectivity index (χ0) is 17.1. The van der Waals surface area contributed by atoms with Gasteiger partial charge in [-0.2, -0.15) is 16.4 Å². The topological polar surface area (TPSA) is 46.9 Å². The van der Waals surface area contributed by atoms with E-state index in [-0.39, 0.29) is 11.6 Å². The first-order valence-electron chi connectivity index (χ1n) is 7.64. The first-order chi connectivity index (χ1) is 11.6. The maximum Gasteiger partial charge on any atom is 0.254 e. The molecular weight excluding hydrogens is 325 g/mol. The maximum absolute atomic E-state index is 13.8. The molecule has 0 aliphatic heterocycles. The van der Waals surface area contributed by atoms with E-state index in [2.05, 4.69) is 10.4 Å². The average Bonchev–Trinajstić information content (AvgIpc) is 3.18. The monoisotopic (exact) mass is 343 g/mol. The van der Waals surface area contributed by atoms with Gasteiger partial charge in [0, 0.05) is 12.2 Å². The minimum atomic E-state index is -0.520. The fraction of sp³-hybridized carbons (Fsp3) is 0.222. The summed E-state index contributed by atoms with van der Waals surface area (Å²) < 4.78 is 15.7. The van der Waals surface area contributed by atoms with Crippen LogP contribution in [0.5, 0.6) is 0 Å². The van der Waals surface area contributed by atoms with Gasteiger partial charge < -0.3 is 5.32 Å². The van der Waals surface area contributed by atoms with Crippen LogP contribution in [0.15, 0.2) is 47.2 Å². The van der Waals surface area contributed by atoms with E-state index in [9.17, 15) is 9.18 Å². The van der Waals surface area contributed by atoms with Crippen molar-refractivity contribution < 1.29 is 9.18 Å². The third-order valence-corrected chi connectivity index (χ3v) is 4.54. The molecule has 0 fully saturated rings. The molecule has 2 aromatic heterocycles. The zero-order valence-corrected chi connectivity index (χ0v) is 14.3. The predicted octanol–water partition coefficient (Wildman–Crippen LogP) is 3.72. The summed E-state index contributed by atoms with van der Waals surface area (Å²) in [6.07, 6.45) is 0. The highest BCUT2D eigenvalue weighted by atomic mass is 32.1. The lowest BCUT2D eigenvalue weighted by Gasteiger charge is -2.19. The van der Waals surface area contributed by atoms with Gasteiger partial charge in [0.05, 0.1) is 17.3 Å². The Balaban J connectivity index is 1.82. The minimum absolute atomic E-state index is 0.0509. The van der Waals surface area contributed by atoms with Crippen LogP contribution in [0, 0.1) is 19.7 Å². The number of rotatable bonds is 5. The van der Waals surface area contributed by atoms with Gasteiger partial charge in [0.1, 0.15) is 5.82 Å². The molecule has 1 amide bonds. The fourth-order valence-corrected chi connectivity index (χ4v) is 3.41. The summed E-state index contributed by atoms with van der Waals surface area (Å²) in [5.74, 6) is -0.942. The highest BCUT2D eigenvalue weighted by Gasteiger charge is 2.19. The Morgan fingerprint density at radius 2 is 2.12 bits per heavy atom. The summed E-state index contributed by atoms with van der Waals surface area (Å²) in [7, 11) is 0. The standard InChI is InChI=1S/C18H18FN3OS/c1-12-9-13(2)22(21-12)17(14-7-8-24-11-14)10-20-18(23)15-5-3-4-6-16(15)19/h3-9,11,17H,10H2,1-2H3,(H,20,23). The summed E-state index contributed by atoms with van der Waals surface area (Å²) in [6.45, 7) is 4.26. The predicted molar refractivity (Wildman–Crippen MR) is 92.9 cm³/mol. The average molecular weight is 343 g/mol. The lowest BCUT2D eigenvalue weighted by molar-refractivity contribution is 0.0945. The van der Waals surface area contributed by atoms with Crippen molar-refractivity contribution in [1.29, 1.82) is 0 Å². The molecule has 0 bridgehead atoms. The Bertz CT molecular complexity index is 842. The van der Waals surface area contributed by atoms with Gasteiger partial charge in [0.15, 0.2) is 0 Å². The SMILES string of the molecule is Cc1cc(C)n(C(CNC(=O)c2ccccc2F)c2ccsc2)n1. The third-order valence-electron chi connectivity index (χ3n) is 3.84. The van der Waals surface area contributed by atoms with Gasteiger partial charge in [-0.1, -0.05) is 12.1 Å². The molecule has 0 aliphatic rings. The number of nitrogens with one attached hydrogen (secondary N) is 1. The molecular formula is C18H18FN3OS. The molecule has 1 atom stereocenters. The van der Waals surface area contributed by atoms with Gasteiger partial charge in [-0.15, -0.1) is 0 Å². The first-order valence-corrected chi connectivity index (χ1v) is 8.58. The molecule has 0 saturated carbocycles. The number of carbonyl (C=O) groups is 1. The molecule has 1 unspecified atom stereocenters. The van der Waals surface area contributed by atoms with Gasteiger partial charge in [-0.3, -0.25) is 9.48 Å². The van der Waals surface area contributed by atoms with Crippen molar-refractivity contribution in [2.75, 3.05) is 6.54 Å². The summed E-state index contributed by atoms with van der Waals surface area (Å²) in [5.41, 5.74) is 3.06. The van der Waals surface area contributed by atoms with Crippen molar-refractivity contribution in [2.24, 2.45) is 0 Å². The number of amides is 1. The Labute approximate surface area is 143 Å². The van der Waals surface area contributed by atoms with Crippen LogP contribution in [-0.2, 0) is 0 Å². The minimum Gasteiger partial charge on any atom is -0.349 e. The second-order valence-electron chi connectivity index (χ2n) is 5.63. The van der Waals surface area contributed by atoms with E-state index in [4.69, 9.17) is 0 Å². The van der Waals surface area contributed by atoms with Crippen LogP contribution in [0.1, 0.15) is 33.4 Å². The number of hydrogen-bond acceptors (Lipinski definition) is 3. The highest BCUT2D eigenvalue weighted by molar-refractivity contribution is 7.07. The van der Waals surface area contributed by atoms with E-state index in [0.717, 1.165) is 17.0 Å². The molecule has 24 heavy (non-hydrogen) atoms. The molecule has 1 aromatic carbocycles. The number of halogens is 1. The molecule has 3 rings (SSSR count). The normalized spacial score (nSPS) is 12.1. The smallest absolute Gasteiger partial charge is 0.254 e. The van der Waals surface area contributed by atoms with Crippen LogP contribution in [0.25, 0.3) is 0 Å². The molecule has 3 aromatic rings. The Hall–Kier alpha value is -2.47. The van der Waals surface area contributed by atoms with Crippen LogP contribution in [-0.4, -0.2) is 22.2 Å². The van der Waals surface area contributed by atoms with Crippen molar-refractivity contribution in [3.8, 4) is 0 Å². The number of benzene rings is 1. The summed E-state index contributed by atoms with van der Waals surface area (Å²) >= 11 is 1.59. The van der Waals surface area contributed by atoms with E-state index >= 15 is 0 Å². The molecule has 2 heterocycles. The van der Waals surface area contributed by atoms with Crippen molar-refractivity contribution in [3.05, 3.63) is 75.5 Å². The van der Waals surface area contributed by atoms with Crippen LogP contribution in [0.4, 0.5) is 4.39 Å². The van der Waals surface area contributed by atoms with Crippen molar-refractivity contribution in [2.45, 2.75) is 19.9 Å². The van der Waals surface area contributed by atoms with E-state index < -0.39 is 11.7 Å². The van der Waals surface area contributed by atoms with E-state index in [0.29, 0.717) is 6.54 Å². The van der Waals surface area contributed by atoms with Gasteiger partial charge in [-0.05, 0) is 54.4 Å². The summed E-state index contributed by atoms with van der Waals surface area (Å²) in [5, 5.41) is 11.4. The zero-order valence-electron chi connectivity index (χ0n) is 13.5. The molecule has 1 N–H and O–H groups in total. The summed E-state index contributed by atoms with van der Waals surface area (Å²) in [4.78, 5) is 12.3. The van der Waals surface area contributed by atoms with Crippen LogP contribution >= 0.6 is 11.3 Å². The van der Waals surface area contributed by atoms with Gasteiger partial charge in [-0.25, -0.2) is 4.39 Å². The number of aryl methyl sites for hydroxylation is 2. The number of hydrogen-bond donors (Lipinski definition) is 1. The molecule has 124 valence electrons. The number of thiophene rings is 1. The molecule has 0 radical (unpaired) electrons. The molecule has 0 saturated heterocycles. The van der Waals surface area contributed by atoms with Gasteiger partial charge in [0.25, 0.3) is 5.91 Å². The van der Waals surface area contributed by atoms with Crippen molar-refractivity contribution in [3.63, 3.8) is 0 Å². The quantitative estimate of drug-likeness (QED) is 0.767. The second kappa shape index (κ2) is 6.97.